The fraction of sp³-hybridized carbons (Fsp3) is 0.870. The Morgan fingerprint density at radius 3 is 2.39 bits per heavy atom. The Bertz CT molecular complexity index is 609. The molecular formula is C23H42N4O4. The molecule has 1 amide bonds. The van der Waals surface area contributed by atoms with Gasteiger partial charge >= 0.3 is 12.1 Å². The number of amides is 1. The number of nitrogens with zero attached hydrogens (tertiary/aromatic N) is 3. The van der Waals surface area contributed by atoms with Gasteiger partial charge in [-0.15, -0.1) is 0 Å². The van der Waals surface area contributed by atoms with E-state index in [1.807, 2.05) is 32.6 Å². The van der Waals surface area contributed by atoms with Crippen molar-refractivity contribution in [2.75, 3.05) is 45.9 Å². The van der Waals surface area contributed by atoms with Gasteiger partial charge in [-0.05, 0) is 72.6 Å². The topological polar surface area (TPSA) is 83.5 Å². The van der Waals surface area contributed by atoms with Gasteiger partial charge in [-0.1, -0.05) is 0 Å². The lowest BCUT2D eigenvalue weighted by atomic mass is 9.95. The summed E-state index contributed by atoms with van der Waals surface area (Å²) in [6, 6.07) is 0. The van der Waals surface area contributed by atoms with E-state index in [2.05, 4.69) is 17.1 Å². The normalized spacial score (nSPS) is 21.1. The molecule has 0 aromatic rings. The van der Waals surface area contributed by atoms with Crippen molar-refractivity contribution < 1.29 is 19.1 Å². The molecule has 2 rings (SSSR count). The lowest BCUT2D eigenvalue weighted by molar-refractivity contribution is -0.149. The number of nitrogens with one attached hydrogen (secondary N) is 1. The zero-order valence-corrected chi connectivity index (χ0v) is 20.1. The van der Waals surface area contributed by atoms with Crippen molar-refractivity contribution in [3.05, 3.63) is 0 Å². The van der Waals surface area contributed by atoms with Crippen LogP contribution in [-0.2, 0) is 14.3 Å². The Hall–Kier alpha value is -1.99. The molecule has 8 heteroatoms. The number of aliphatic imine (C=N–C) groups is 1. The highest BCUT2D eigenvalue weighted by molar-refractivity contribution is 5.80. The van der Waals surface area contributed by atoms with Crippen molar-refractivity contribution in [3.63, 3.8) is 0 Å². The van der Waals surface area contributed by atoms with Gasteiger partial charge in [0.1, 0.15) is 5.60 Å². The van der Waals surface area contributed by atoms with Crippen LogP contribution in [0.15, 0.2) is 4.99 Å². The van der Waals surface area contributed by atoms with Crippen LogP contribution < -0.4 is 5.32 Å². The summed E-state index contributed by atoms with van der Waals surface area (Å²) in [4.78, 5) is 33.3. The fourth-order valence-electron chi connectivity index (χ4n) is 4.16. The zero-order valence-electron chi connectivity index (χ0n) is 20.1. The quantitative estimate of drug-likeness (QED) is 0.389. The number of piperidine rings is 2. The second kappa shape index (κ2) is 12.2. The van der Waals surface area contributed by atoms with Crippen LogP contribution in [0.25, 0.3) is 0 Å². The van der Waals surface area contributed by atoms with Gasteiger partial charge in [0.15, 0.2) is 5.96 Å². The van der Waals surface area contributed by atoms with Crippen LogP contribution in [0.1, 0.15) is 66.7 Å². The Labute approximate surface area is 187 Å². The molecule has 2 aliphatic rings. The third-order valence-electron chi connectivity index (χ3n) is 5.72. The van der Waals surface area contributed by atoms with Crippen molar-refractivity contribution in [1.82, 2.24) is 15.1 Å². The highest BCUT2D eigenvalue weighted by atomic mass is 16.6. The van der Waals surface area contributed by atoms with E-state index in [0.29, 0.717) is 12.5 Å². The molecule has 2 heterocycles. The van der Waals surface area contributed by atoms with E-state index in [9.17, 15) is 9.59 Å². The molecule has 31 heavy (non-hydrogen) atoms. The number of rotatable bonds is 6. The number of likely N-dealkylation sites (tertiary alicyclic amines) is 2. The van der Waals surface area contributed by atoms with E-state index in [1.54, 1.807) is 0 Å². The standard InChI is InChI=1S/C23H42N4O4/c1-6-24-21(26-15-11-19(12-16-26)20(28)30-7-2)25-13-10-18-9-8-14-27(17-18)22(29)31-23(3,4)5/h18-19H,6-17H2,1-5H3,(H,24,25). The number of hydrogen-bond acceptors (Lipinski definition) is 5. The molecular weight excluding hydrogens is 396 g/mol. The third-order valence-corrected chi connectivity index (χ3v) is 5.72. The first-order chi connectivity index (χ1) is 14.7. The molecule has 0 bridgehead atoms. The number of carbonyl (C=O) groups excluding carboxylic acids is 2. The van der Waals surface area contributed by atoms with Gasteiger partial charge in [0.2, 0.25) is 0 Å². The van der Waals surface area contributed by atoms with Gasteiger partial charge < -0.3 is 24.6 Å². The van der Waals surface area contributed by atoms with Crippen LogP contribution >= 0.6 is 0 Å². The number of carbonyl (C=O) groups is 2. The summed E-state index contributed by atoms with van der Waals surface area (Å²) in [5.41, 5.74) is -0.463. The lowest BCUT2D eigenvalue weighted by Crippen LogP contribution is -2.47. The first-order valence-electron chi connectivity index (χ1n) is 11.9. The molecule has 2 fully saturated rings. The van der Waals surface area contributed by atoms with E-state index in [1.165, 1.54) is 0 Å². The van der Waals surface area contributed by atoms with Crippen molar-refractivity contribution in [2.45, 2.75) is 72.3 Å². The maximum atomic E-state index is 12.4. The van der Waals surface area contributed by atoms with Crippen LogP contribution in [0.2, 0.25) is 0 Å². The highest BCUT2D eigenvalue weighted by Gasteiger charge is 2.29. The Morgan fingerprint density at radius 1 is 1.06 bits per heavy atom. The SMILES string of the molecule is CCNC(=NCCC1CCCN(C(=O)OC(C)(C)C)C1)N1CCC(C(=O)OCC)CC1. The van der Waals surface area contributed by atoms with E-state index in [0.717, 1.165) is 77.3 Å². The third kappa shape index (κ3) is 8.57. The van der Waals surface area contributed by atoms with Gasteiger partial charge in [-0.2, -0.15) is 0 Å². The van der Waals surface area contributed by atoms with Crippen molar-refractivity contribution in [2.24, 2.45) is 16.8 Å². The predicted molar refractivity (Wildman–Crippen MR) is 122 cm³/mol. The fourth-order valence-corrected chi connectivity index (χ4v) is 4.16. The van der Waals surface area contributed by atoms with Gasteiger partial charge in [-0.25, -0.2) is 4.79 Å². The summed E-state index contributed by atoms with van der Waals surface area (Å²) in [7, 11) is 0. The number of hydrogen-bond donors (Lipinski definition) is 1. The van der Waals surface area contributed by atoms with Crippen LogP contribution in [0.5, 0.6) is 0 Å². The minimum Gasteiger partial charge on any atom is -0.466 e. The Balaban J connectivity index is 1.83. The van der Waals surface area contributed by atoms with E-state index < -0.39 is 5.60 Å². The Kier molecular flexibility index (Phi) is 9.91. The summed E-state index contributed by atoms with van der Waals surface area (Å²) >= 11 is 0. The van der Waals surface area contributed by atoms with Gasteiger partial charge in [-0.3, -0.25) is 9.79 Å². The zero-order chi connectivity index (χ0) is 22.9. The van der Waals surface area contributed by atoms with E-state index in [4.69, 9.17) is 14.5 Å². The smallest absolute Gasteiger partial charge is 0.410 e. The van der Waals surface area contributed by atoms with Gasteiger partial charge in [0, 0.05) is 39.3 Å². The molecule has 1 unspecified atom stereocenters. The maximum Gasteiger partial charge on any atom is 0.410 e. The van der Waals surface area contributed by atoms with Gasteiger partial charge in [0.25, 0.3) is 0 Å². The van der Waals surface area contributed by atoms with Gasteiger partial charge in [0.05, 0.1) is 12.5 Å². The average molecular weight is 439 g/mol. The monoisotopic (exact) mass is 438 g/mol. The predicted octanol–water partition coefficient (Wildman–Crippen LogP) is 3.26. The van der Waals surface area contributed by atoms with Crippen molar-refractivity contribution in [1.29, 1.82) is 0 Å². The summed E-state index contributed by atoms with van der Waals surface area (Å²) in [6.07, 6.45) is 4.48. The molecule has 0 aromatic carbocycles. The second-order valence-corrected chi connectivity index (χ2v) is 9.47. The minimum absolute atomic E-state index is 0.000141. The summed E-state index contributed by atoms with van der Waals surface area (Å²) in [5, 5.41) is 3.39. The number of guanidine groups is 1. The molecule has 0 radical (unpaired) electrons. The summed E-state index contributed by atoms with van der Waals surface area (Å²) in [6.45, 7) is 14.7. The minimum atomic E-state index is -0.463. The largest absolute Gasteiger partial charge is 0.466 e. The lowest BCUT2D eigenvalue weighted by Gasteiger charge is -2.34. The van der Waals surface area contributed by atoms with Crippen molar-refractivity contribution >= 4 is 18.0 Å². The second-order valence-electron chi connectivity index (χ2n) is 9.47. The molecule has 2 aliphatic heterocycles. The van der Waals surface area contributed by atoms with E-state index >= 15 is 0 Å². The van der Waals surface area contributed by atoms with Crippen LogP contribution in [0.4, 0.5) is 4.79 Å². The average Bonchev–Trinajstić information content (AvgIpc) is 2.72. The maximum absolute atomic E-state index is 12.4. The molecule has 0 aliphatic carbocycles. The molecule has 1 atom stereocenters. The molecule has 1 N–H and O–H groups in total. The molecule has 0 aromatic heterocycles. The molecule has 178 valence electrons. The van der Waals surface area contributed by atoms with E-state index in [-0.39, 0.29) is 18.0 Å². The van der Waals surface area contributed by atoms with Crippen LogP contribution in [0, 0.1) is 11.8 Å². The summed E-state index contributed by atoms with van der Waals surface area (Å²) < 4.78 is 10.7. The van der Waals surface area contributed by atoms with Crippen molar-refractivity contribution in [3.8, 4) is 0 Å². The number of ether oxygens (including phenoxy) is 2. The highest BCUT2D eigenvalue weighted by Crippen LogP contribution is 2.22. The van der Waals surface area contributed by atoms with Crippen LogP contribution in [0.3, 0.4) is 0 Å². The van der Waals surface area contributed by atoms with Crippen LogP contribution in [-0.4, -0.2) is 79.3 Å². The molecule has 2 saturated heterocycles. The molecule has 0 saturated carbocycles. The number of esters is 1. The molecule has 8 nitrogen and oxygen atoms in total. The Morgan fingerprint density at radius 2 is 1.77 bits per heavy atom. The molecule has 0 spiro atoms. The first-order valence-corrected chi connectivity index (χ1v) is 11.9. The first kappa shape index (κ1) is 25.3. The summed E-state index contributed by atoms with van der Waals surface area (Å²) in [5.74, 6) is 1.29.